The first-order valence-electron chi connectivity index (χ1n) is 14.4. The molecule has 39 heavy (non-hydrogen) atoms. The van der Waals surface area contributed by atoms with E-state index in [4.69, 9.17) is 13.8 Å². The molecule has 2 unspecified atom stereocenters. The molecule has 0 saturated carbocycles. The van der Waals surface area contributed by atoms with E-state index >= 15 is 0 Å². The largest absolute Gasteiger partial charge is 0.472 e. The van der Waals surface area contributed by atoms with Crippen molar-refractivity contribution in [1.82, 2.24) is 0 Å². The number of aliphatic hydroxyl groups is 1. The monoisotopic (exact) mass is 572 g/mol. The number of rotatable bonds is 25. The third-order valence-electron chi connectivity index (χ3n) is 5.60. The topological polar surface area (TPSA) is 102 Å². The predicted octanol–water partition coefficient (Wildman–Crippen LogP) is 6.66. The Balaban J connectivity index is 3.62. The van der Waals surface area contributed by atoms with E-state index in [1.54, 1.807) is 0 Å². The summed E-state index contributed by atoms with van der Waals surface area (Å²) in [5.41, 5.74) is 0. The smallest absolute Gasteiger partial charge is 0.463 e. The first-order valence-corrected chi connectivity index (χ1v) is 15.9. The van der Waals surface area contributed by atoms with Crippen molar-refractivity contribution in [2.45, 2.75) is 90.1 Å². The van der Waals surface area contributed by atoms with Gasteiger partial charge in [0, 0.05) is 6.42 Å². The first-order chi connectivity index (χ1) is 18.6. The zero-order chi connectivity index (χ0) is 29.2. The minimum absolute atomic E-state index is 0.0493. The molecule has 0 aromatic carbocycles. The van der Waals surface area contributed by atoms with Gasteiger partial charge >= 0.3 is 13.8 Å². The van der Waals surface area contributed by atoms with Gasteiger partial charge in [0.1, 0.15) is 25.9 Å². The van der Waals surface area contributed by atoms with Crippen LogP contribution < -0.4 is 0 Å². The van der Waals surface area contributed by atoms with Crippen molar-refractivity contribution in [2.75, 3.05) is 47.5 Å². The van der Waals surface area contributed by atoms with Crippen LogP contribution in [0.2, 0.25) is 0 Å². The lowest BCUT2D eigenvalue weighted by Gasteiger charge is -2.24. The van der Waals surface area contributed by atoms with Crippen molar-refractivity contribution in [3.8, 4) is 0 Å². The van der Waals surface area contributed by atoms with E-state index in [9.17, 15) is 19.4 Å². The molecule has 0 saturated heterocycles. The highest BCUT2D eigenvalue weighted by Gasteiger charge is 2.24. The van der Waals surface area contributed by atoms with Crippen LogP contribution in [0.3, 0.4) is 0 Å². The summed E-state index contributed by atoms with van der Waals surface area (Å²) in [6, 6.07) is 0. The Morgan fingerprint density at radius 2 is 1.33 bits per heavy atom. The number of esters is 1. The van der Waals surface area contributed by atoms with Crippen molar-refractivity contribution < 1.29 is 37.6 Å². The number of hydrogen-bond acceptors (Lipinski definition) is 6. The lowest BCUT2D eigenvalue weighted by atomic mass is 10.1. The number of allylic oxidation sites excluding steroid dienone is 8. The molecule has 0 fully saturated rings. The number of hydrogen-bond donors (Lipinski definition) is 2. The maximum atomic E-state index is 11.8. The molecular formula is C30H55NO7P+. The van der Waals surface area contributed by atoms with Gasteiger partial charge in [0.25, 0.3) is 0 Å². The SMILES string of the molecule is CC/C=C\C/C=C\C/C=C\C/C=C\CCCCCCCCC(=O)OCC(O)COP(=O)(O)OCC[N+](C)(C)C. The molecule has 0 amide bonds. The average Bonchev–Trinajstić information content (AvgIpc) is 2.86. The number of carbonyl (C=O) groups is 1. The van der Waals surface area contributed by atoms with Gasteiger partial charge in [0.05, 0.1) is 27.7 Å². The fourth-order valence-electron chi connectivity index (χ4n) is 3.29. The van der Waals surface area contributed by atoms with Gasteiger partial charge in [-0.1, -0.05) is 81.2 Å². The number of aliphatic hydroxyl groups excluding tert-OH is 1. The highest BCUT2D eigenvalue weighted by atomic mass is 31.2. The highest BCUT2D eigenvalue weighted by molar-refractivity contribution is 7.47. The zero-order valence-corrected chi connectivity index (χ0v) is 25.7. The molecule has 0 aliphatic carbocycles. The van der Waals surface area contributed by atoms with Crippen molar-refractivity contribution >= 4 is 13.8 Å². The Kier molecular flexibility index (Phi) is 23.3. The van der Waals surface area contributed by atoms with Crippen molar-refractivity contribution in [3.63, 3.8) is 0 Å². The third kappa shape index (κ3) is 29.3. The fraction of sp³-hybridized carbons (Fsp3) is 0.700. The van der Waals surface area contributed by atoms with E-state index in [-0.39, 0.29) is 19.2 Å². The molecule has 2 atom stereocenters. The van der Waals surface area contributed by atoms with Gasteiger partial charge < -0.3 is 19.2 Å². The number of likely N-dealkylation sites (N-methyl/N-ethyl adjacent to an activating group) is 1. The van der Waals surface area contributed by atoms with Crippen molar-refractivity contribution in [1.29, 1.82) is 0 Å². The Morgan fingerprint density at radius 3 is 1.92 bits per heavy atom. The van der Waals surface area contributed by atoms with Gasteiger partial charge in [-0.25, -0.2) is 4.57 Å². The van der Waals surface area contributed by atoms with Crippen LogP contribution in [0, 0.1) is 0 Å². The maximum absolute atomic E-state index is 11.8. The maximum Gasteiger partial charge on any atom is 0.472 e. The van der Waals surface area contributed by atoms with Gasteiger partial charge in [-0.2, -0.15) is 0 Å². The number of nitrogens with zero attached hydrogens (tertiary/aromatic N) is 1. The number of phosphoric acid groups is 1. The second kappa shape index (κ2) is 24.3. The molecule has 0 heterocycles. The summed E-state index contributed by atoms with van der Waals surface area (Å²) in [5.74, 6) is -0.389. The molecule has 0 spiro atoms. The number of phosphoric ester groups is 1. The predicted molar refractivity (Wildman–Crippen MR) is 159 cm³/mol. The first kappa shape index (κ1) is 37.5. The Bertz CT molecular complexity index is 772. The molecular weight excluding hydrogens is 517 g/mol. The molecule has 0 aromatic rings. The van der Waals surface area contributed by atoms with Crippen molar-refractivity contribution in [3.05, 3.63) is 48.6 Å². The van der Waals surface area contributed by atoms with E-state index < -0.39 is 20.5 Å². The van der Waals surface area contributed by atoms with E-state index in [0.29, 0.717) is 17.4 Å². The quantitative estimate of drug-likeness (QED) is 0.0415. The molecule has 2 N–H and O–H groups in total. The van der Waals surface area contributed by atoms with E-state index in [2.05, 4.69) is 55.5 Å². The van der Waals surface area contributed by atoms with Gasteiger partial charge in [-0.3, -0.25) is 13.8 Å². The molecule has 9 heteroatoms. The van der Waals surface area contributed by atoms with Crippen LogP contribution in [-0.4, -0.2) is 74.1 Å². The third-order valence-corrected chi connectivity index (χ3v) is 6.59. The van der Waals surface area contributed by atoms with Crippen LogP contribution in [-0.2, 0) is 23.1 Å². The minimum Gasteiger partial charge on any atom is -0.463 e. The second-order valence-corrected chi connectivity index (χ2v) is 12.1. The Labute approximate surface area is 237 Å². The van der Waals surface area contributed by atoms with E-state index in [1.165, 1.54) is 12.8 Å². The van der Waals surface area contributed by atoms with Crippen LogP contribution in [0.1, 0.15) is 84.0 Å². The molecule has 0 bridgehead atoms. The molecule has 0 aliphatic heterocycles. The normalized spacial score (nSPS) is 15.1. The fourth-order valence-corrected chi connectivity index (χ4v) is 4.04. The van der Waals surface area contributed by atoms with Crippen molar-refractivity contribution in [2.24, 2.45) is 0 Å². The standard InChI is InChI=1S/C30H54NO7P/c1-5-6-7-8-9-10-11-12-13-14-15-16-17-18-19-20-21-22-23-24-30(33)36-27-29(32)28-38-39(34,35)37-26-25-31(2,3)4/h6-7,9-10,12-13,15-16,29,32H,5,8,11,14,17-28H2,1-4H3/p+1/b7-6-,10-9-,13-12-,16-15-. The van der Waals surface area contributed by atoms with E-state index in [1.807, 2.05) is 21.1 Å². The summed E-state index contributed by atoms with van der Waals surface area (Å²) in [4.78, 5) is 21.5. The molecule has 0 radical (unpaired) electrons. The van der Waals surface area contributed by atoms with Crippen LogP contribution >= 0.6 is 7.82 Å². The summed E-state index contributed by atoms with van der Waals surface area (Å²) in [5, 5.41) is 9.85. The number of ether oxygens (including phenoxy) is 1. The Morgan fingerprint density at radius 1 is 0.795 bits per heavy atom. The summed E-state index contributed by atoms with van der Waals surface area (Å²) in [7, 11) is 1.54. The molecule has 0 aromatic heterocycles. The van der Waals surface area contributed by atoms with Gasteiger partial charge in [0.15, 0.2) is 0 Å². The number of unbranched alkanes of at least 4 members (excludes halogenated alkanes) is 6. The summed E-state index contributed by atoms with van der Waals surface area (Å²) in [6.45, 7) is 1.99. The van der Waals surface area contributed by atoms with Gasteiger partial charge in [-0.05, 0) is 44.9 Å². The second-order valence-electron chi connectivity index (χ2n) is 10.6. The molecule has 0 aliphatic rings. The lowest BCUT2D eigenvalue weighted by Crippen LogP contribution is -2.37. The minimum atomic E-state index is -4.25. The van der Waals surface area contributed by atoms with Gasteiger partial charge in [0.2, 0.25) is 0 Å². The summed E-state index contributed by atoms with van der Waals surface area (Å²) < 4.78 is 27.1. The molecule has 226 valence electrons. The van der Waals surface area contributed by atoms with E-state index in [0.717, 1.165) is 57.8 Å². The van der Waals surface area contributed by atoms with Crippen LogP contribution in [0.15, 0.2) is 48.6 Å². The summed E-state index contributed by atoms with van der Waals surface area (Å²) in [6.07, 6.45) is 28.3. The van der Waals surface area contributed by atoms with Gasteiger partial charge in [-0.15, -0.1) is 0 Å². The van der Waals surface area contributed by atoms with Crippen LogP contribution in [0.5, 0.6) is 0 Å². The average molecular weight is 573 g/mol. The Hall–Kier alpha value is -1.54. The summed E-state index contributed by atoms with van der Waals surface area (Å²) >= 11 is 0. The lowest BCUT2D eigenvalue weighted by molar-refractivity contribution is -0.870. The highest BCUT2D eigenvalue weighted by Crippen LogP contribution is 2.43. The number of carbonyl (C=O) groups excluding carboxylic acids is 1. The number of quaternary nitrogens is 1. The van der Waals surface area contributed by atoms with Crippen LogP contribution in [0.4, 0.5) is 0 Å². The molecule has 8 nitrogen and oxygen atoms in total. The molecule has 0 rings (SSSR count). The zero-order valence-electron chi connectivity index (χ0n) is 24.8. The van der Waals surface area contributed by atoms with Crippen LogP contribution in [0.25, 0.3) is 0 Å².